The van der Waals surface area contributed by atoms with Crippen molar-refractivity contribution in [3.8, 4) is 23.2 Å². The number of fused-ring (bicyclic) bond motifs is 1. The number of rotatable bonds is 7. The molecule has 0 saturated carbocycles. The van der Waals surface area contributed by atoms with Gasteiger partial charge in [0.25, 0.3) is 0 Å². The summed E-state index contributed by atoms with van der Waals surface area (Å²) in [5.74, 6) is 0.410. The van der Waals surface area contributed by atoms with Crippen molar-refractivity contribution in [1.29, 1.82) is 5.26 Å². The SMILES string of the molecule is COc1ccc(C#N)nc1-c1nn(CC(C)(C)O)cc1NC(O)c1cnn2cccnc12. The molecule has 0 radical (unpaired) electrons. The maximum absolute atomic E-state index is 10.9. The van der Waals surface area contributed by atoms with Crippen LogP contribution in [0.25, 0.3) is 17.0 Å². The van der Waals surface area contributed by atoms with E-state index in [2.05, 4.69) is 25.5 Å². The van der Waals surface area contributed by atoms with E-state index in [4.69, 9.17) is 4.74 Å². The van der Waals surface area contributed by atoms with Gasteiger partial charge in [0, 0.05) is 18.6 Å². The zero-order chi connectivity index (χ0) is 22.9. The summed E-state index contributed by atoms with van der Waals surface area (Å²) in [6, 6.07) is 6.92. The Kier molecular flexibility index (Phi) is 5.48. The van der Waals surface area contributed by atoms with Gasteiger partial charge in [-0.25, -0.2) is 14.5 Å². The molecule has 0 aliphatic rings. The number of anilines is 1. The predicted octanol–water partition coefficient (Wildman–Crippen LogP) is 1.74. The predicted molar refractivity (Wildman–Crippen MR) is 115 cm³/mol. The molecule has 0 saturated heterocycles. The van der Waals surface area contributed by atoms with Crippen molar-refractivity contribution in [2.45, 2.75) is 32.2 Å². The molecule has 0 aliphatic carbocycles. The minimum atomic E-state index is -1.16. The molecule has 1 atom stereocenters. The second kappa shape index (κ2) is 8.26. The molecule has 0 bridgehead atoms. The third kappa shape index (κ3) is 4.22. The third-order valence-electron chi connectivity index (χ3n) is 4.62. The topological polar surface area (TPSA) is 146 Å². The fraction of sp³-hybridized carbons (Fsp3) is 0.286. The van der Waals surface area contributed by atoms with Gasteiger partial charge in [0.1, 0.15) is 28.9 Å². The van der Waals surface area contributed by atoms with E-state index in [-0.39, 0.29) is 12.2 Å². The van der Waals surface area contributed by atoms with Gasteiger partial charge in [-0.2, -0.15) is 15.5 Å². The lowest BCUT2D eigenvalue weighted by Crippen LogP contribution is -2.26. The summed E-state index contributed by atoms with van der Waals surface area (Å²) in [4.78, 5) is 8.61. The average molecular weight is 434 g/mol. The number of pyridine rings is 1. The van der Waals surface area contributed by atoms with E-state index in [0.717, 1.165) is 0 Å². The van der Waals surface area contributed by atoms with Crippen molar-refractivity contribution >= 4 is 11.3 Å². The summed E-state index contributed by atoms with van der Waals surface area (Å²) in [5.41, 5.74) is 1.24. The van der Waals surface area contributed by atoms with Crippen LogP contribution in [-0.2, 0) is 6.54 Å². The number of nitrogens with one attached hydrogen (secondary N) is 1. The minimum Gasteiger partial charge on any atom is -0.494 e. The average Bonchev–Trinajstić information content (AvgIpc) is 3.36. The highest BCUT2D eigenvalue weighted by molar-refractivity contribution is 5.76. The molecular weight excluding hydrogens is 412 g/mol. The van der Waals surface area contributed by atoms with Crippen LogP contribution in [0.3, 0.4) is 0 Å². The normalized spacial score (nSPS) is 12.5. The fourth-order valence-corrected chi connectivity index (χ4v) is 3.29. The van der Waals surface area contributed by atoms with E-state index in [1.165, 1.54) is 13.3 Å². The molecule has 0 fully saturated rings. The summed E-state index contributed by atoms with van der Waals surface area (Å²) in [6.45, 7) is 3.52. The van der Waals surface area contributed by atoms with Crippen molar-refractivity contribution in [2.75, 3.05) is 12.4 Å². The zero-order valence-corrected chi connectivity index (χ0v) is 17.8. The molecule has 0 spiro atoms. The Labute approximate surface area is 183 Å². The number of aliphatic hydroxyl groups is 2. The van der Waals surface area contributed by atoms with Crippen molar-refractivity contribution in [2.24, 2.45) is 0 Å². The summed E-state index contributed by atoms with van der Waals surface area (Å²) >= 11 is 0. The number of aliphatic hydroxyl groups excluding tert-OH is 1. The van der Waals surface area contributed by atoms with Crippen molar-refractivity contribution in [3.05, 3.63) is 54.2 Å². The van der Waals surface area contributed by atoms with Crippen LogP contribution in [0.1, 0.15) is 31.3 Å². The second-order valence-corrected chi connectivity index (χ2v) is 7.80. The van der Waals surface area contributed by atoms with Crippen molar-refractivity contribution in [1.82, 2.24) is 29.4 Å². The number of nitrogens with zero attached hydrogens (tertiary/aromatic N) is 7. The summed E-state index contributed by atoms with van der Waals surface area (Å²) in [5, 5.41) is 42.2. The van der Waals surface area contributed by atoms with Crippen LogP contribution in [0.2, 0.25) is 0 Å². The molecule has 4 aromatic heterocycles. The van der Waals surface area contributed by atoms with Crippen LogP contribution in [0, 0.1) is 11.3 Å². The first-order chi connectivity index (χ1) is 15.3. The molecule has 0 aliphatic heterocycles. The monoisotopic (exact) mass is 434 g/mol. The van der Waals surface area contributed by atoms with Gasteiger partial charge in [0.15, 0.2) is 11.9 Å². The second-order valence-electron chi connectivity index (χ2n) is 7.80. The lowest BCUT2D eigenvalue weighted by molar-refractivity contribution is 0.0578. The van der Waals surface area contributed by atoms with Gasteiger partial charge in [-0.05, 0) is 32.0 Å². The van der Waals surface area contributed by atoms with Crippen LogP contribution in [-0.4, -0.2) is 52.3 Å². The van der Waals surface area contributed by atoms with Gasteiger partial charge in [-0.15, -0.1) is 0 Å². The van der Waals surface area contributed by atoms with Gasteiger partial charge in [-0.3, -0.25) is 4.68 Å². The molecule has 4 rings (SSSR count). The van der Waals surface area contributed by atoms with Crippen LogP contribution < -0.4 is 10.1 Å². The molecule has 32 heavy (non-hydrogen) atoms. The number of ether oxygens (including phenoxy) is 1. The Morgan fingerprint density at radius 2 is 2.12 bits per heavy atom. The summed E-state index contributed by atoms with van der Waals surface area (Å²) in [6.07, 6.45) is 5.35. The Hall–Kier alpha value is -4.01. The minimum absolute atomic E-state index is 0.191. The first-order valence-electron chi connectivity index (χ1n) is 9.77. The Morgan fingerprint density at radius 1 is 1.31 bits per heavy atom. The van der Waals surface area contributed by atoms with E-state index in [1.54, 1.807) is 59.8 Å². The highest BCUT2D eigenvalue weighted by atomic mass is 16.5. The molecular formula is C21H22N8O3. The van der Waals surface area contributed by atoms with E-state index < -0.39 is 11.8 Å². The van der Waals surface area contributed by atoms with Gasteiger partial charge >= 0.3 is 0 Å². The number of methoxy groups -OCH3 is 1. The lowest BCUT2D eigenvalue weighted by Gasteiger charge is -2.16. The Morgan fingerprint density at radius 3 is 2.84 bits per heavy atom. The largest absolute Gasteiger partial charge is 0.494 e. The number of hydrogen-bond donors (Lipinski definition) is 3. The van der Waals surface area contributed by atoms with Crippen molar-refractivity contribution in [3.63, 3.8) is 0 Å². The summed E-state index contributed by atoms with van der Waals surface area (Å²) in [7, 11) is 1.49. The van der Waals surface area contributed by atoms with E-state index in [9.17, 15) is 15.5 Å². The standard InChI is InChI=1S/C21H22N8O3/c1-21(2,31)12-28-11-15(17(27-28)18-16(32-3)6-5-13(9-22)25-18)26-20(30)14-10-24-29-8-4-7-23-19(14)29/h4-8,10-11,20,26,30-31H,12H2,1-3H3. The Bertz CT molecular complexity index is 1300. The van der Waals surface area contributed by atoms with Gasteiger partial charge < -0.3 is 20.3 Å². The van der Waals surface area contributed by atoms with Crippen LogP contribution in [0.4, 0.5) is 5.69 Å². The molecule has 1 unspecified atom stereocenters. The van der Waals surface area contributed by atoms with Gasteiger partial charge in [0.05, 0.1) is 36.7 Å². The summed E-state index contributed by atoms with van der Waals surface area (Å²) < 4.78 is 8.51. The number of nitriles is 1. The van der Waals surface area contributed by atoms with Crippen LogP contribution in [0.5, 0.6) is 5.75 Å². The van der Waals surface area contributed by atoms with E-state index in [1.807, 2.05) is 6.07 Å². The smallest absolute Gasteiger partial charge is 0.162 e. The van der Waals surface area contributed by atoms with Crippen LogP contribution in [0.15, 0.2) is 43.0 Å². The quantitative estimate of drug-likeness (QED) is 0.370. The molecule has 11 heteroatoms. The molecule has 0 aromatic carbocycles. The lowest BCUT2D eigenvalue weighted by atomic mass is 10.1. The van der Waals surface area contributed by atoms with Crippen molar-refractivity contribution < 1.29 is 14.9 Å². The van der Waals surface area contributed by atoms with Gasteiger partial charge in [0.2, 0.25) is 0 Å². The zero-order valence-electron chi connectivity index (χ0n) is 17.8. The first-order valence-corrected chi connectivity index (χ1v) is 9.77. The molecule has 4 heterocycles. The fourth-order valence-electron chi connectivity index (χ4n) is 3.29. The highest BCUT2D eigenvalue weighted by Gasteiger charge is 2.23. The van der Waals surface area contributed by atoms with Crippen LogP contribution >= 0.6 is 0 Å². The highest BCUT2D eigenvalue weighted by Crippen LogP contribution is 2.34. The molecule has 3 N–H and O–H groups in total. The third-order valence-corrected chi connectivity index (χ3v) is 4.62. The number of aromatic nitrogens is 6. The van der Waals surface area contributed by atoms with E-state index in [0.29, 0.717) is 34.0 Å². The van der Waals surface area contributed by atoms with Gasteiger partial charge in [-0.1, -0.05) is 0 Å². The maximum atomic E-state index is 10.9. The first kappa shape index (κ1) is 21.2. The Balaban J connectivity index is 1.78. The maximum Gasteiger partial charge on any atom is 0.162 e. The molecule has 4 aromatic rings. The van der Waals surface area contributed by atoms with E-state index >= 15 is 0 Å². The molecule has 11 nitrogen and oxygen atoms in total. The molecule has 164 valence electrons. The molecule has 0 amide bonds. The number of hydrogen-bond acceptors (Lipinski definition) is 9.